The van der Waals surface area contributed by atoms with E-state index in [2.05, 4.69) is 4.98 Å². The third-order valence-electron chi connectivity index (χ3n) is 2.55. The summed E-state index contributed by atoms with van der Waals surface area (Å²) >= 11 is 5.81. The third kappa shape index (κ3) is 1.93. The van der Waals surface area contributed by atoms with E-state index in [0.29, 0.717) is 13.0 Å². The summed E-state index contributed by atoms with van der Waals surface area (Å²) in [5.74, 6) is -0.281. The van der Waals surface area contributed by atoms with Gasteiger partial charge in [0.1, 0.15) is 5.15 Å². The van der Waals surface area contributed by atoms with Crippen molar-refractivity contribution in [1.29, 1.82) is 0 Å². The monoisotopic (exact) mass is 238 g/mol. The molecular formula is C11H11ClN2O2. The average Bonchev–Trinajstić information content (AvgIpc) is 2.58. The summed E-state index contributed by atoms with van der Waals surface area (Å²) in [6, 6.07) is 3.21. The van der Waals surface area contributed by atoms with E-state index in [4.69, 9.17) is 11.6 Å². The van der Waals surface area contributed by atoms with Crippen molar-refractivity contribution in [2.75, 3.05) is 6.54 Å². The van der Waals surface area contributed by atoms with E-state index < -0.39 is 0 Å². The Morgan fingerprint density at radius 3 is 2.94 bits per heavy atom. The topological polar surface area (TPSA) is 50.3 Å². The first-order valence-electron chi connectivity index (χ1n) is 5.05. The molecule has 5 heteroatoms. The number of carbonyl (C=O) groups excluding carboxylic acids is 2. The van der Waals surface area contributed by atoms with Crippen LogP contribution in [0.25, 0.3) is 0 Å². The van der Waals surface area contributed by atoms with Crippen LogP contribution in [0.2, 0.25) is 5.15 Å². The maximum Gasteiger partial charge on any atom is 0.263 e. The first-order chi connectivity index (χ1) is 7.59. The number of carbonyl (C=O) groups is 2. The predicted octanol–water partition coefficient (Wildman–Crippen LogP) is 1.74. The molecule has 1 aromatic rings. The van der Waals surface area contributed by atoms with Gasteiger partial charge in [-0.25, -0.2) is 4.98 Å². The second-order valence-electron chi connectivity index (χ2n) is 3.96. The SMILES string of the molecule is CC1CC(=O)N(C(=O)c2cccnc2Cl)C1. The zero-order valence-corrected chi connectivity index (χ0v) is 9.57. The van der Waals surface area contributed by atoms with Crippen LogP contribution in [0.4, 0.5) is 0 Å². The van der Waals surface area contributed by atoms with Gasteiger partial charge in [0.2, 0.25) is 5.91 Å². The fraction of sp³-hybridized carbons (Fsp3) is 0.364. The zero-order chi connectivity index (χ0) is 11.7. The number of halogens is 1. The van der Waals surface area contributed by atoms with Crippen molar-refractivity contribution in [3.05, 3.63) is 29.0 Å². The van der Waals surface area contributed by atoms with Crippen LogP contribution in [-0.4, -0.2) is 28.2 Å². The number of amides is 2. The molecule has 0 aliphatic carbocycles. The van der Waals surface area contributed by atoms with Gasteiger partial charge in [0.25, 0.3) is 5.91 Å². The molecule has 16 heavy (non-hydrogen) atoms. The Labute approximate surface area is 98.2 Å². The summed E-state index contributed by atoms with van der Waals surface area (Å²) in [5, 5.41) is 0.139. The molecule has 2 amide bonds. The van der Waals surface area contributed by atoms with E-state index >= 15 is 0 Å². The lowest BCUT2D eigenvalue weighted by Gasteiger charge is -2.14. The molecule has 0 radical (unpaired) electrons. The molecule has 0 saturated carbocycles. The fourth-order valence-electron chi connectivity index (χ4n) is 1.77. The molecule has 1 atom stereocenters. The quantitative estimate of drug-likeness (QED) is 0.553. The summed E-state index contributed by atoms with van der Waals surface area (Å²) in [4.78, 5) is 28.6. The molecule has 4 nitrogen and oxygen atoms in total. The maximum atomic E-state index is 12.0. The Balaban J connectivity index is 2.27. The minimum absolute atomic E-state index is 0.139. The van der Waals surface area contributed by atoms with Crippen molar-refractivity contribution in [3.8, 4) is 0 Å². The molecule has 84 valence electrons. The van der Waals surface area contributed by atoms with Crippen molar-refractivity contribution in [2.24, 2.45) is 5.92 Å². The van der Waals surface area contributed by atoms with E-state index in [1.807, 2.05) is 6.92 Å². The molecule has 0 spiro atoms. The first-order valence-corrected chi connectivity index (χ1v) is 5.42. The van der Waals surface area contributed by atoms with Gasteiger partial charge in [-0.2, -0.15) is 0 Å². The van der Waals surface area contributed by atoms with Crippen molar-refractivity contribution in [1.82, 2.24) is 9.88 Å². The van der Waals surface area contributed by atoms with Crippen LogP contribution in [0.15, 0.2) is 18.3 Å². The summed E-state index contributed by atoms with van der Waals surface area (Å²) in [5.41, 5.74) is 0.284. The Morgan fingerprint density at radius 2 is 2.38 bits per heavy atom. The summed E-state index contributed by atoms with van der Waals surface area (Å²) < 4.78 is 0. The van der Waals surface area contributed by atoms with Gasteiger partial charge in [-0.15, -0.1) is 0 Å². The van der Waals surface area contributed by atoms with Crippen molar-refractivity contribution in [2.45, 2.75) is 13.3 Å². The molecule has 1 fully saturated rings. The van der Waals surface area contributed by atoms with E-state index in [9.17, 15) is 9.59 Å². The molecule has 0 N–H and O–H groups in total. The van der Waals surface area contributed by atoms with Gasteiger partial charge in [0.05, 0.1) is 5.56 Å². The molecule has 0 bridgehead atoms. The highest BCUT2D eigenvalue weighted by Gasteiger charge is 2.32. The second-order valence-corrected chi connectivity index (χ2v) is 4.32. The predicted molar refractivity (Wildman–Crippen MR) is 59.1 cm³/mol. The van der Waals surface area contributed by atoms with Crippen LogP contribution in [0.1, 0.15) is 23.7 Å². The number of hydrogen-bond donors (Lipinski definition) is 0. The number of nitrogens with zero attached hydrogens (tertiary/aromatic N) is 2. The highest BCUT2D eigenvalue weighted by Crippen LogP contribution is 2.21. The van der Waals surface area contributed by atoms with Gasteiger partial charge in [-0.1, -0.05) is 18.5 Å². The Morgan fingerprint density at radius 1 is 1.62 bits per heavy atom. The number of pyridine rings is 1. The van der Waals surface area contributed by atoms with Crippen molar-refractivity contribution >= 4 is 23.4 Å². The highest BCUT2D eigenvalue weighted by molar-refractivity contribution is 6.33. The van der Waals surface area contributed by atoms with E-state index in [1.54, 1.807) is 12.1 Å². The van der Waals surface area contributed by atoms with Crippen LogP contribution < -0.4 is 0 Å². The molecule has 1 aliphatic heterocycles. The van der Waals surface area contributed by atoms with Crippen LogP contribution in [0.3, 0.4) is 0 Å². The molecular weight excluding hydrogens is 228 g/mol. The lowest BCUT2D eigenvalue weighted by Crippen LogP contribution is -2.32. The minimum Gasteiger partial charge on any atom is -0.278 e. The lowest BCUT2D eigenvalue weighted by molar-refractivity contribution is -0.125. The molecule has 0 aromatic carbocycles. The molecule has 1 aliphatic rings. The smallest absolute Gasteiger partial charge is 0.263 e. The van der Waals surface area contributed by atoms with Crippen LogP contribution in [-0.2, 0) is 4.79 Å². The second kappa shape index (κ2) is 4.22. The largest absolute Gasteiger partial charge is 0.278 e. The van der Waals surface area contributed by atoms with Gasteiger partial charge in [-0.3, -0.25) is 14.5 Å². The third-order valence-corrected chi connectivity index (χ3v) is 2.85. The molecule has 1 aromatic heterocycles. The lowest BCUT2D eigenvalue weighted by atomic mass is 10.2. The van der Waals surface area contributed by atoms with Crippen LogP contribution in [0.5, 0.6) is 0 Å². The van der Waals surface area contributed by atoms with Gasteiger partial charge >= 0.3 is 0 Å². The Hall–Kier alpha value is -1.42. The standard InChI is InChI=1S/C11H11ClN2O2/c1-7-5-9(15)14(6-7)11(16)8-3-2-4-13-10(8)12/h2-4,7H,5-6H2,1H3. The van der Waals surface area contributed by atoms with Gasteiger partial charge < -0.3 is 0 Å². The molecule has 2 heterocycles. The normalized spacial score (nSPS) is 20.2. The van der Waals surface area contributed by atoms with Gasteiger partial charge in [-0.05, 0) is 18.1 Å². The Kier molecular flexibility index (Phi) is 2.92. The average molecular weight is 239 g/mol. The van der Waals surface area contributed by atoms with Crippen LogP contribution >= 0.6 is 11.6 Å². The summed E-state index contributed by atoms with van der Waals surface area (Å²) in [6.07, 6.45) is 1.93. The van der Waals surface area contributed by atoms with Crippen LogP contribution in [0, 0.1) is 5.92 Å². The number of imide groups is 1. The fourth-order valence-corrected chi connectivity index (χ4v) is 1.97. The first kappa shape index (κ1) is 11.1. The number of hydrogen-bond acceptors (Lipinski definition) is 3. The van der Waals surface area contributed by atoms with Gasteiger partial charge in [0, 0.05) is 19.2 Å². The molecule has 1 unspecified atom stereocenters. The minimum atomic E-state index is -0.354. The number of likely N-dealkylation sites (tertiary alicyclic amines) is 1. The van der Waals surface area contributed by atoms with Gasteiger partial charge in [0.15, 0.2) is 0 Å². The molecule has 1 saturated heterocycles. The van der Waals surface area contributed by atoms with Crippen molar-refractivity contribution < 1.29 is 9.59 Å². The Bertz CT molecular complexity index is 447. The van der Waals surface area contributed by atoms with Crippen molar-refractivity contribution in [3.63, 3.8) is 0 Å². The molecule has 2 rings (SSSR count). The highest BCUT2D eigenvalue weighted by atomic mass is 35.5. The zero-order valence-electron chi connectivity index (χ0n) is 8.81. The van der Waals surface area contributed by atoms with E-state index in [-0.39, 0.29) is 28.4 Å². The summed E-state index contributed by atoms with van der Waals surface area (Å²) in [7, 11) is 0. The van der Waals surface area contributed by atoms with E-state index in [0.717, 1.165) is 0 Å². The van der Waals surface area contributed by atoms with E-state index in [1.165, 1.54) is 11.1 Å². The number of aromatic nitrogens is 1. The maximum absolute atomic E-state index is 12.0. The summed E-state index contributed by atoms with van der Waals surface area (Å²) in [6.45, 7) is 2.40. The number of rotatable bonds is 1.